The van der Waals surface area contributed by atoms with Gasteiger partial charge in [0.25, 0.3) is 0 Å². The summed E-state index contributed by atoms with van der Waals surface area (Å²) in [4.78, 5) is 17.0. The lowest BCUT2D eigenvalue weighted by Crippen LogP contribution is -2.17. The molecule has 6 heteroatoms. The average Bonchev–Trinajstić information content (AvgIpc) is 3.03. The Labute approximate surface area is 174 Å². The Morgan fingerprint density at radius 3 is 2.50 bits per heavy atom. The van der Waals surface area contributed by atoms with Crippen molar-refractivity contribution in [3.05, 3.63) is 57.5 Å². The van der Waals surface area contributed by atoms with Gasteiger partial charge in [0.1, 0.15) is 19.5 Å². The number of benzene rings is 2. The van der Waals surface area contributed by atoms with Crippen molar-refractivity contribution in [3.8, 4) is 17.5 Å². The molecule has 2 aromatic heterocycles. The van der Waals surface area contributed by atoms with Gasteiger partial charge in [0.15, 0.2) is 0 Å². The normalized spacial score (nSPS) is 11.8. The van der Waals surface area contributed by atoms with Crippen molar-refractivity contribution in [1.82, 2.24) is 9.55 Å². The van der Waals surface area contributed by atoms with Gasteiger partial charge in [-0.1, -0.05) is 31.6 Å². The molecule has 0 bridgehead atoms. The van der Waals surface area contributed by atoms with Crippen molar-refractivity contribution in [2.75, 3.05) is 0 Å². The molecule has 0 amide bonds. The molecule has 150 valence electrons. The third kappa shape index (κ3) is 3.20. The molecule has 0 atom stereocenters. The minimum atomic E-state index is -1.72. The van der Waals surface area contributed by atoms with Crippen molar-refractivity contribution >= 4 is 40.9 Å². The van der Waals surface area contributed by atoms with E-state index >= 15 is 0 Å². The van der Waals surface area contributed by atoms with Crippen LogP contribution in [0.1, 0.15) is 31.0 Å². The third-order valence-electron chi connectivity index (χ3n) is 5.03. The lowest BCUT2D eigenvalue weighted by Gasteiger charge is -2.17. The van der Waals surface area contributed by atoms with E-state index in [1.165, 1.54) is 12.1 Å². The second kappa shape index (κ2) is 6.86. The molecule has 0 radical (unpaired) electrons. The molecule has 0 fully saturated rings. The van der Waals surface area contributed by atoms with Gasteiger partial charge in [0.2, 0.25) is 5.43 Å². The van der Waals surface area contributed by atoms with Crippen molar-refractivity contribution in [3.63, 3.8) is 0 Å². The second-order valence-corrected chi connectivity index (χ2v) is 13.6. The summed E-state index contributed by atoms with van der Waals surface area (Å²) in [5.74, 6) is 2.69. The topological polar surface area (TPSA) is 61.6 Å². The first-order valence-electron chi connectivity index (χ1n) is 9.87. The molecule has 0 unspecified atom stereocenters. The number of nitriles is 1. The number of rotatable bonds is 1. The zero-order chi connectivity index (χ0) is 21.8. The molecule has 0 saturated carbocycles. The number of aromatic nitrogens is 2. The fraction of sp³-hybridized carbons (Fsp3) is 0.250. The largest absolute Gasteiger partial charge is 0.340 e. The van der Waals surface area contributed by atoms with Crippen LogP contribution >= 0.6 is 0 Å². The van der Waals surface area contributed by atoms with Crippen LogP contribution in [-0.2, 0) is 0 Å². The van der Waals surface area contributed by atoms with E-state index in [2.05, 4.69) is 42.2 Å². The molecule has 0 aliphatic carbocycles. The lowest BCUT2D eigenvalue weighted by molar-refractivity contribution is 0.616. The highest BCUT2D eigenvalue weighted by atomic mass is 28.3. The van der Waals surface area contributed by atoms with E-state index in [9.17, 15) is 14.4 Å². The minimum absolute atomic E-state index is 0.0290. The zero-order valence-electron chi connectivity index (χ0n) is 17.6. The van der Waals surface area contributed by atoms with Gasteiger partial charge in [-0.3, -0.25) is 4.79 Å². The zero-order valence-corrected chi connectivity index (χ0v) is 18.6. The van der Waals surface area contributed by atoms with E-state index < -0.39 is 13.9 Å². The van der Waals surface area contributed by atoms with Crippen molar-refractivity contribution in [2.24, 2.45) is 0 Å². The smallest absolute Gasteiger partial charge is 0.200 e. The van der Waals surface area contributed by atoms with Gasteiger partial charge in [0, 0.05) is 22.5 Å². The Balaban J connectivity index is 2.27. The highest BCUT2D eigenvalue weighted by Crippen LogP contribution is 2.30. The fourth-order valence-electron chi connectivity index (χ4n) is 3.82. The quantitative estimate of drug-likeness (QED) is 0.332. The summed E-state index contributed by atoms with van der Waals surface area (Å²) in [6.45, 7) is 10.3. The predicted molar refractivity (Wildman–Crippen MR) is 123 cm³/mol. The number of nitrogens with one attached hydrogen (secondary N) is 1. The molecule has 0 aliphatic rings. The Kier molecular flexibility index (Phi) is 4.56. The molecule has 0 aliphatic heterocycles. The van der Waals surface area contributed by atoms with Crippen LogP contribution in [0.2, 0.25) is 19.6 Å². The standard InChI is InChI=1S/C24H22FN3OSi/c1-14(2)28-20-12-17(25)11-16(8-9-30(3,4)5)21(20)23(29)22-18-7-6-15(13-26)10-19(18)27-24(22)28/h6-7,10-12,14,27H,1-5H3. The van der Waals surface area contributed by atoms with Crippen LogP contribution in [0.3, 0.4) is 0 Å². The predicted octanol–water partition coefficient (Wildman–Crippen LogP) is 5.46. The monoisotopic (exact) mass is 415 g/mol. The third-order valence-corrected chi connectivity index (χ3v) is 5.91. The molecule has 2 aromatic carbocycles. The summed E-state index contributed by atoms with van der Waals surface area (Å²) >= 11 is 0. The molecule has 0 spiro atoms. The molecule has 0 saturated heterocycles. The maximum atomic E-state index is 14.6. The minimum Gasteiger partial charge on any atom is -0.340 e. The summed E-state index contributed by atoms with van der Waals surface area (Å²) in [5, 5.41) is 11.0. The van der Waals surface area contributed by atoms with Crippen LogP contribution in [0.4, 0.5) is 4.39 Å². The molecule has 30 heavy (non-hydrogen) atoms. The van der Waals surface area contributed by atoms with E-state index in [0.29, 0.717) is 38.6 Å². The van der Waals surface area contributed by atoms with Crippen molar-refractivity contribution < 1.29 is 4.39 Å². The number of nitrogens with zero attached hydrogens (tertiary/aromatic N) is 2. The number of aromatic amines is 1. The maximum Gasteiger partial charge on any atom is 0.200 e. The van der Waals surface area contributed by atoms with Gasteiger partial charge in [-0.2, -0.15) is 5.26 Å². The Morgan fingerprint density at radius 2 is 1.87 bits per heavy atom. The molecule has 1 N–H and O–H groups in total. The fourth-order valence-corrected chi connectivity index (χ4v) is 4.33. The lowest BCUT2D eigenvalue weighted by atomic mass is 10.0. The Hall–Kier alpha value is -3.35. The molecule has 4 aromatic rings. The van der Waals surface area contributed by atoms with Gasteiger partial charge in [-0.25, -0.2) is 4.39 Å². The van der Waals surface area contributed by atoms with E-state index in [0.717, 1.165) is 5.39 Å². The van der Waals surface area contributed by atoms with Crippen LogP contribution in [0.15, 0.2) is 35.1 Å². The van der Waals surface area contributed by atoms with E-state index in [-0.39, 0.29) is 11.5 Å². The molecule has 4 nitrogen and oxygen atoms in total. The van der Waals surface area contributed by atoms with Crippen LogP contribution < -0.4 is 5.43 Å². The average molecular weight is 416 g/mol. The summed E-state index contributed by atoms with van der Waals surface area (Å²) in [6.07, 6.45) is 0. The maximum absolute atomic E-state index is 14.6. The summed E-state index contributed by atoms with van der Waals surface area (Å²) in [7, 11) is -1.72. The first-order valence-corrected chi connectivity index (χ1v) is 13.4. The second-order valence-electron chi connectivity index (χ2n) is 8.86. The number of fused-ring (bicyclic) bond motifs is 4. The summed E-state index contributed by atoms with van der Waals surface area (Å²) in [6, 6.07) is 10.1. The van der Waals surface area contributed by atoms with E-state index in [1.54, 1.807) is 18.2 Å². The van der Waals surface area contributed by atoms with E-state index in [4.69, 9.17) is 0 Å². The molecule has 2 heterocycles. The highest BCUT2D eigenvalue weighted by molar-refractivity contribution is 6.83. The molecular weight excluding hydrogens is 393 g/mol. The summed E-state index contributed by atoms with van der Waals surface area (Å²) in [5.41, 5.74) is 5.88. The first-order chi connectivity index (χ1) is 14.1. The first kappa shape index (κ1) is 19.9. The number of hydrogen-bond donors (Lipinski definition) is 1. The van der Waals surface area contributed by atoms with Gasteiger partial charge < -0.3 is 9.55 Å². The van der Waals surface area contributed by atoms with Crippen LogP contribution in [0.5, 0.6) is 0 Å². The van der Waals surface area contributed by atoms with Gasteiger partial charge >= 0.3 is 0 Å². The summed E-state index contributed by atoms with van der Waals surface area (Å²) < 4.78 is 16.5. The number of halogens is 1. The van der Waals surface area contributed by atoms with Gasteiger partial charge in [-0.05, 0) is 38.1 Å². The molecule has 4 rings (SSSR count). The number of pyridine rings is 1. The number of hydrogen-bond acceptors (Lipinski definition) is 2. The highest BCUT2D eigenvalue weighted by Gasteiger charge is 2.20. The Bertz CT molecular complexity index is 1500. The van der Waals surface area contributed by atoms with Crippen molar-refractivity contribution in [2.45, 2.75) is 39.5 Å². The van der Waals surface area contributed by atoms with Crippen molar-refractivity contribution in [1.29, 1.82) is 5.26 Å². The van der Waals surface area contributed by atoms with Crippen LogP contribution in [0, 0.1) is 28.6 Å². The van der Waals surface area contributed by atoms with E-state index in [1.807, 2.05) is 18.4 Å². The van der Waals surface area contributed by atoms with Crippen LogP contribution in [0.25, 0.3) is 32.8 Å². The molecular formula is C24H22FN3OSi. The van der Waals surface area contributed by atoms with Gasteiger partial charge in [-0.15, -0.1) is 5.54 Å². The van der Waals surface area contributed by atoms with Crippen LogP contribution in [-0.4, -0.2) is 17.6 Å². The Morgan fingerprint density at radius 1 is 1.13 bits per heavy atom. The SMILES string of the molecule is CC(C)n1c2cc(F)cc(C#C[Si](C)(C)C)c2c(=O)c2c3ccc(C#N)cc3[nH]c21. The van der Waals surface area contributed by atoms with Gasteiger partial charge in [0.05, 0.1) is 27.9 Å². The number of H-pyrrole nitrogens is 1.